The zero-order valence-corrected chi connectivity index (χ0v) is 13.9. The van der Waals surface area contributed by atoms with Crippen LogP contribution >= 0.6 is 11.3 Å². The summed E-state index contributed by atoms with van der Waals surface area (Å²) >= 11 is 1.32. The van der Waals surface area contributed by atoms with Gasteiger partial charge < -0.3 is 20.1 Å². The summed E-state index contributed by atoms with van der Waals surface area (Å²) in [5.74, 6) is 0.502. The van der Waals surface area contributed by atoms with Crippen molar-refractivity contribution in [3.8, 4) is 11.5 Å². The molecular weight excluding hydrogens is 316 g/mol. The zero-order valence-electron chi connectivity index (χ0n) is 13.1. The number of thiophene rings is 1. The first kappa shape index (κ1) is 16.8. The molecule has 2 amide bonds. The van der Waals surface area contributed by atoms with Gasteiger partial charge in [-0.25, -0.2) is 0 Å². The van der Waals surface area contributed by atoms with Crippen molar-refractivity contribution < 1.29 is 19.1 Å². The highest BCUT2D eigenvalue weighted by Gasteiger charge is 2.17. The lowest BCUT2D eigenvalue weighted by atomic mass is 10.2. The molecule has 6 nitrogen and oxygen atoms in total. The van der Waals surface area contributed by atoms with Gasteiger partial charge in [-0.15, -0.1) is 11.3 Å². The van der Waals surface area contributed by atoms with E-state index in [-0.39, 0.29) is 11.8 Å². The molecule has 0 saturated carbocycles. The SMILES string of the molecule is COc1ccc(NC(=O)[C@@H](C)NC(=O)c2cccs2)cc1OC. The maximum atomic E-state index is 12.2. The van der Waals surface area contributed by atoms with Crippen LogP contribution in [0.4, 0.5) is 5.69 Å². The third-order valence-corrected chi connectivity index (χ3v) is 4.01. The molecule has 0 unspecified atom stereocenters. The molecule has 7 heteroatoms. The molecule has 0 spiro atoms. The molecule has 122 valence electrons. The van der Waals surface area contributed by atoms with Gasteiger partial charge in [0.15, 0.2) is 11.5 Å². The minimum Gasteiger partial charge on any atom is -0.493 e. The first-order valence-electron chi connectivity index (χ1n) is 6.92. The molecule has 0 radical (unpaired) electrons. The number of rotatable bonds is 6. The molecule has 0 aliphatic rings. The number of hydrogen-bond donors (Lipinski definition) is 2. The van der Waals surface area contributed by atoms with Crippen LogP contribution < -0.4 is 20.1 Å². The van der Waals surface area contributed by atoms with Gasteiger partial charge >= 0.3 is 0 Å². The van der Waals surface area contributed by atoms with E-state index in [1.165, 1.54) is 25.6 Å². The first-order valence-corrected chi connectivity index (χ1v) is 7.80. The Labute approximate surface area is 138 Å². The van der Waals surface area contributed by atoms with Crippen molar-refractivity contribution >= 4 is 28.8 Å². The van der Waals surface area contributed by atoms with Crippen molar-refractivity contribution in [1.82, 2.24) is 5.32 Å². The molecule has 0 saturated heterocycles. The molecule has 0 bridgehead atoms. The summed E-state index contributed by atoms with van der Waals surface area (Å²) in [5, 5.41) is 7.20. The number of hydrogen-bond acceptors (Lipinski definition) is 5. The highest BCUT2D eigenvalue weighted by atomic mass is 32.1. The summed E-state index contributed by atoms with van der Waals surface area (Å²) in [6.45, 7) is 1.63. The van der Waals surface area contributed by atoms with Gasteiger partial charge in [0.1, 0.15) is 6.04 Å². The molecule has 23 heavy (non-hydrogen) atoms. The van der Waals surface area contributed by atoms with E-state index >= 15 is 0 Å². The van der Waals surface area contributed by atoms with E-state index in [1.54, 1.807) is 37.3 Å². The van der Waals surface area contributed by atoms with Crippen LogP contribution in [0.25, 0.3) is 0 Å². The lowest BCUT2D eigenvalue weighted by Gasteiger charge is -2.15. The second-order valence-corrected chi connectivity index (χ2v) is 5.68. The van der Waals surface area contributed by atoms with Crippen LogP contribution in [0.3, 0.4) is 0 Å². The predicted molar refractivity (Wildman–Crippen MR) is 89.4 cm³/mol. The molecule has 1 atom stereocenters. The fraction of sp³-hybridized carbons (Fsp3) is 0.250. The molecule has 0 aliphatic heterocycles. The van der Waals surface area contributed by atoms with Gasteiger partial charge in [-0.1, -0.05) is 6.07 Å². The summed E-state index contributed by atoms with van der Waals surface area (Å²) < 4.78 is 10.3. The number of amides is 2. The van der Waals surface area contributed by atoms with Crippen LogP contribution in [-0.4, -0.2) is 32.1 Å². The minimum atomic E-state index is -0.669. The molecule has 2 rings (SSSR count). The van der Waals surface area contributed by atoms with E-state index < -0.39 is 6.04 Å². The second-order valence-electron chi connectivity index (χ2n) is 4.73. The highest BCUT2D eigenvalue weighted by Crippen LogP contribution is 2.29. The summed E-state index contributed by atoms with van der Waals surface area (Å²) in [6.07, 6.45) is 0. The Morgan fingerprint density at radius 3 is 2.48 bits per heavy atom. The van der Waals surface area contributed by atoms with E-state index in [0.717, 1.165) is 0 Å². The number of anilines is 1. The van der Waals surface area contributed by atoms with Crippen LogP contribution in [0.1, 0.15) is 16.6 Å². The van der Waals surface area contributed by atoms with Crippen LogP contribution in [0, 0.1) is 0 Å². The monoisotopic (exact) mass is 334 g/mol. The molecule has 0 fully saturated rings. The molecule has 0 aliphatic carbocycles. The number of ether oxygens (including phenoxy) is 2. The summed E-state index contributed by atoms with van der Waals surface area (Å²) in [4.78, 5) is 24.7. The summed E-state index contributed by atoms with van der Waals surface area (Å²) in [6, 6.07) is 7.88. The van der Waals surface area contributed by atoms with Crippen LogP contribution in [0.5, 0.6) is 11.5 Å². The number of carbonyl (C=O) groups excluding carboxylic acids is 2. The molecule has 2 aromatic rings. The van der Waals surface area contributed by atoms with Crippen molar-refractivity contribution in [2.45, 2.75) is 13.0 Å². The quantitative estimate of drug-likeness (QED) is 0.851. The number of carbonyl (C=O) groups is 2. The second kappa shape index (κ2) is 7.64. The fourth-order valence-electron chi connectivity index (χ4n) is 1.91. The van der Waals surface area contributed by atoms with E-state index in [0.29, 0.717) is 22.1 Å². The van der Waals surface area contributed by atoms with Gasteiger partial charge in [-0.2, -0.15) is 0 Å². The van der Waals surface area contributed by atoms with Crippen molar-refractivity contribution in [1.29, 1.82) is 0 Å². The molecular formula is C16H18N2O4S. The predicted octanol–water partition coefficient (Wildman–Crippen LogP) is 2.52. The van der Waals surface area contributed by atoms with Gasteiger partial charge in [0.2, 0.25) is 5.91 Å². The van der Waals surface area contributed by atoms with Gasteiger partial charge in [0.25, 0.3) is 5.91 Å². The van der Waals surface area contributed by atoms with E-state index in [2.05, 4.69) is 10.6 Å². The Balaban J connectivity index is 1.99. The number of nitrogens with one attached hydrogen (secondary N) is 2. The Kier molecular flexibility index (Phi) is 5.59. The highest BCUT2D eigenvalue weighted by molar-refractivity contribution is 7.12. The van der Waals surface area contributed by atoms with Crippen molar-refractivity contribution in [2.24, 2.45) is 0 Å². The third kappa shape index (κ3) is 4.23. The lowest BCUT2D eigenvalue weighted by Crippen LogP contribution is -2.41. The van der Waals surface area contributed by atoms with Gasteiger partial charge in [0, 0.05) is 11.8 Å². The Morgan fingerprint density at radius 1 is 1.13 bits per heavy atom. The van der Waals surface area contributed by atoms with Crippen LogP contribution in [-0.2, 0) is 4.79 Å². The van der Waals surface area contributed by atoms with Gasteiger partial charge in [0.05, 0.1) is 19.1 Å². The molecule has 1 aromatic heterocycles. The number of benzene rings is 1. The lowest BCUT2D eigenvalue weighted by molar-refractivity contribution is -0.117. The van der Waals surface area contributed by atoms with Crippen molar-refractivity contribution in [2.75, 3.05) is 19.5 Å². The maximum Gasteiger partial charge on any atom is 0.261 e. The number of methoxy groups -OCH3 is 2. The van der Waals surface area contributed by atoms with Crippen molar-refractivity contribution in [3.05, 3.63) is 40.6 Å². The fourth-order valence-corrected chi connectivity index (χ4v) is 2.53. The zero-order chi connectivity index (χ0) is 16.8. The Hall–Kier alpha value is -2.54. The maximum absolute atomic E-state index is 12.2. The molecule has 1 aromatic carbocycles. The smallest absolute Gasteiger partial charge is 0.261 e. The first-order chi connectivity index (χ1) is 11.0. The van der Waals surface area contributed by atoms with E-state index in [1.807, 2.05) is 5.38 Å². The van der Waals surface area contributed by atoms with Gasteiger partial charge in [-0.05, 0) is 30.5 Å². The largest absolute Gasteiger partial charge is 0.493 e. The molecule has 1 heterocycles. The normalized spacial score (nSPS) is 11.4. The van der Waals surface area contributed by atoms with Gasteiger partial charge in [-0.3, -0.25) is 9.59 Å². The van der Waals surface area contributed by atoms with Crippen molar-refractivity contribution in [3.63, 3.8) is 0 Å². The topological polar surface area (TPSA) is 76.7 Å². The summed E-state index contributed by atoms with van der Waals surface area (Å²) in [5.41, 5.74) is 0.560. The van der Waals surface area contributed by atoms with E-state index in [9.17, 15) is 9.59 Å². The standard InChI is InChI=1S/C16H18N2O4S/c1-10(17-16(20)14-5-4-8-23-14)15(19)18-11-6-7-12(21-2)13(9-11)22-3/h4-10H,1-3H3,(H,17,20)(H,18,19)/t10-/m1/s1. The average Bonchev–Trinajstić information content (AvgIpc) is 3.09. The van der Waals surface area contributed by atoms with Crippen LogP contribution in [0.15, 0.2) is 35.7 Å². The van der Waals surface area contributed by atoms with E-state index in [4.69, 9.17) is 9.47 Å². The summed E-state index contributed by atoms with van der Waals surface area (Å²) in [7, 11) is 3.06. The minimum absolute atomic E-state index is 0.269. The third-order valence-electron chi connectivity index (χ3n) is 3.14. The Morgan fingerprint density at radius 2 is 1.87 bits per heavy atom. The Bertz CT molecular complexity index is 685. The molecule has 2 N–H and O–H groups in total. The van der Waals surface area contributed by atoms with Crippen LogP contribution in [0.2, 0.25) is 0 Å². The average molecular weight is 334 g/mol.